The fraction of sp³-hybridized carbons (Fsp3) is 0.167. The van der Waals surface area contributed by atoms with Gasteiger partial charge in [-0.05, 0) is 31.2 Å². The predicted molar refractivity (Wildman–Crippen MR) is 115 cm³/mol. The largest absolute Gasteiger partial charge is 0.449 e. The van der Waals surface area contributed by atoms with Crippen molar-refractivity contribution >= 4 is 34.5 Å². The second-order valence-corrected chi connectivity index (χ2v) is 6.57. The molecular formula is C24H21N3O3. The van der Waals surface area contributed by atoms with Crippen molar-refractivity contribution < 1.29 is 14.3 Å². The molecule has 1 amide bonds. The van der Waals surface area contributed by atoms with Gasteiger partial charge in [0.2, 0.25) is 0 Å². The molecule has 0 fully saturated rings. The first-order chi connectivity index (χ1) is 14.6. The molecule has 0 aliphatic carbocycles. The van der Waals surface area contributed by atoms with E-state index in [1.165, 1.54) is 17.9 Å². The van der Waals surface area contributed by atoms with Crippen molar-refractivity contribution in [3.8, 4) is 6.07 Å². The van der Waals surface area contributed by atoms with Crippen LogP contribution in [0.15, 0.2) is 72.9 Å². The van der Waals surface area contributed by atoms with Crippen molar-refractivity contribution in [1.82, 2.24) is 4.98 Å². The van der Waals surface area contributed by atoms with Gasteiger partial charge in [0.15, 0.2) is 6.10 Å². The summed E-state index contributed by atoms with van der Waals surface area (Å²) in [7, 11) is 0. The molecule has 3 aromatic rings. The molecule has 150 valence electrons. The second kappa shape index (κ2) is 9.99. The molecule has 0 aliphatic rings. The van der Waals surface area contributed by atoms with Crippen LogP contribution in [0.1, 0.15) is 18.9 Å². The van der Waals surface area contributed by atoms with Gasteiger partial charge in [0.05, 0.1) is 18.0 Å². The third-order valence-electron chi connectivity index (χ3n) is 4.48. The molecule has 30 heavy (non-hydrogen) atoms. The van der Waals surface area contributed by atoms with Crippen LogP contribution in [0.4, 0.5) is 5.69 Å². The molecule has 6 nitrogen and oxygen atoms in total. The summed E-state index contributed by atoms with van der Waals surface area (Å²) in [6, 6.07) is 20.5. The molecule has 1 aromatic heterocycles. The molecule has 1 unspecified atom stereocenters. The lowest BCUT2D eigenvalue weighted by Crippen LogP contribution is -2.40. The molecule has 0 aliphatic heterocycles. The fourth-order valence-corrected chi connectivity index (χ4v) is 3.04. The van der Waals surface area contributed by atoms with E-state index in [0.29, 0.717) is 5.69 Å². The maximum absolute atomic E-state index is 12.8. The summed E-state index contributed by atoms with van der Waals surface area (Å²) in [5.41, 5.74) is 2.21. The van der Waals surface area contributed by atoms with Gasteiger partial charge in [0.25, 0.3) is 5.91 Å². The lowest BCUT2D eigenvalue weighted by Gasteiger charge is -2.24. The number of pyridine rings is 1. The zero-order valence-electron chi connectivity index (χ0n) is 16.6. The van der Waals surface area contributed by atoms with Crippen molar-refractivity contribution in [2.45, 2.75) is 19.4 Å². The molecule has 0 radical (unpaired) electrons. The summed E-state index contributed by atoms with van der Waals surface area (Å²) in [5.74, 6) is -1.01. The highest BCUT2D eigenvalue weighted by molar-refractivity contribution is 5.99. The number of hydrogen-bond donors (Lipinski definition) is 0. The number of carbonyl (C=O) groups is 2. The highest BCUT2D eigenvalue weighted by Crippen LogP contribution is 2.18. The third kappa shape index (κ3) is 5.09. The van der Waals surface area contributed by atoms with Gasteiger partial charge >= 0.3 is 5.97 Å². The third-order valence-corrected chi connectivity index (χ3v) is 4.48. The van der Waals surface area contributed by atoms with Gasteiger partial charge in [-0.2, -0.15) is 5.26 Å². The molecule has 0 saturated carbocycles. The number of fused-ring (bicyclic) bond motifs is 1. The maximum atomic E-state index is 12.8. The molecule has 0 saturated heterocycles. The Morgan fingerprint density at radius 1 is 1.13 bits per heavy atom. The van der Waals surface area contributed by atoms with Crippen LogP contribution >= 0.6 is 0 Å². The number of hydrogen-bond acceptors (Lipinski definition) is 5. The summed E-state index contributed by atoms with van der Waals surface area (Å²) in [6.07, 6.45) is 3.79. The molecule has 0 spiro atoms. The first-order valence-corrected chi connectivity index (χ1v) is 9.56. The number of benzene rings is 2. The predicted octanol–water partition coefficient (Wildman–Crippen LogP) is 4.13. The van der Waals surface area contributed by atoms with Crippen molar-refractivity contribution in [2.24, 2.45) is 0 Å². The minimum Gasteiger partial charge on any atom is -0.449 e. The highest BCUT2D eigenvalue weighted by atomic mass is 16.5. The number of rotatable bonds is 7. The topological polar surface area (TPSA) is 83.3 Å². The summed E-state index contributed by atoms with van der Waals surface area (Å²) >= 11 is 0. The first-order valence-electron chi connectivity index (χ1n) is 9.56. The average Bonchev–Trinajstić information content (AvgIpc) is 2.78. The summed E-state index contributed by atoms with van der Waals surface area (Å²) in [4.78, 5) is 30.9. The van der Waals surface area contributed by atoms with E-state index in [-0.39, 0.29) is 18.9 Å². The number of nitriles is 1. The van der Waals surface area contributed by atoms with E-state index in [1.807, 2.05) is 42.5 Å². The van der Waals surface area contributed by atoms with E-state index in [4.69, 9.17) is 10.00 Å². The zero-order valence-corrected chi connectivity index (χ0v) is 16.6. The van der Waals surface area contributed by atoms with Crippen LogP contribution < -0.4 is 4.90 Å². The van der Waals surface area contributed by atoms with E-state index in [0.717, 1.165) is 16.5 Å². The monoisotopic (exact) mass is 399 g/mol. The number of carbonyl (C=O) groups excluding carboxylic acids is 2. The van der Waals surface area contributed by atoms with Crippen LogP contribution in [0.3, 0.4) is 0 Å². The lowest BCUT2D eigenvalue weighted by atomic mass is 10.1. The molecule has 1 heterocycles. The van der Waals surface area contributed by atoms with Gasteiger partial charge in [-0.15, -0.1) is 0 Å². The number of para-hydroxylation sites is 2. The zero-order chi connectivity index (χ0) is 21.3. The Bertz CT molecular complexity index is 1100. The first kappa shape index (κ1) is 20.7. The number of anilines is 1. The Kier molecular flexibility index (Phi) is 6.91. The van der Waals surface area contributed by atoms with Crippen LogP contribution in [0.25, 0.3) is 17.0 Å². The van der Waals surface area contributed by atoms with Gasteiger partial charge in [-0.3, -0.25) is 9.78 Å². The maximum Gasteiger partial charge on any atom is 0.331 e. The van der Waals surface area contributed by atoms with Gasteiger partial charge in [-0.25, -0.2) is 4.79 Å². The Hall–Kier alpha value is -3.98. The Balaban J connectivity index is 1.70. The molecule has 1 atom stereocenters. The van der Waals surface area contributed by atoms with Crippen LogP contribution in [0, 0.1) is 11.3 Å². The lowest BCUT2D eigenvalue weighted by molar-refractivity contribution is -0.149. The number of aromatic nitrogens is 1. The average molecular weight is 399 g/mol. The normalized spacial score (nSPS) is 11.7. The Morgan fingerprint density at radius 3 is 2.67 bits per heavy atom. The number of amides is 1. The SMILES string of the molecule is CC(OC(=O)/C=C/c1cccc2cccnc12)C(=O)N(CCC#N)c1ccccc1. The van der Waals surface area contributed by atoms with E-state index < -0.39 is 12.1 Å². The summed E-state index contributed by atoms with van der Waals surface area (Å²) in [5, 5.41) is 9.86. The smallest absolute Gasteiger partial charge is 0.331 e. The molecule has 0 bridgehead atoms. The molecule has 6 heteroatoms. The van der Waals surface area contributed by atoms with Crippen LogP contribution in [0.2, 0.25) is 0 Å². The standard InChI is InChI=1S/C24H21N3O3/c1-18(24(29)27(17-7-15-25)21-11-3-2-4-12-21)30-22(28)14-13-20-9-5-8-19-10-6-16-26-23(19)20/h2-6,8-14,16,18H,7,17H2,1H3/b14-13+. The van der Waals surface area contributed by atoms with Crippen molar-refractivity contribution in [2.75, 3.05) is 11.4 Å². The molecular weight excluding hydrogens is 378 g/mol. The fourth-order valence-electron chi connectivity index (χ4n) is 3.04. The number of ether oxygens (including phenoxy) is 1. The molecule has 0 N–H and O–H groups in total. The number of esters is 1. The molecule has 3 rings (SSSR count). The Labute approximate surface area is 175 Å². The van der Waals surface area contributed by atoms with E-state index >= 15 is 0 Å². The van der Waals surface area contributed by atoms with Crippen molar-refractivity contribution in [1.29, 1.82) is 5.26 Å². The van der Waals surface area contributed by atoms with Crippen molar-refractivity contribution in [3.05, 3.63) is 78.5 Å². The van der Waals surface area contributed by atoms with E-state index in [2.05, 4.69) is 4.98 Å². The summed E-state index contributed by atoms with van der Waals surface area (Å²) in [6.45, 7) is 1.74. The van der Waals surface area contributed by atoms with Gasteiger partial charge in [0.1, 0.15) is 0 Å². The van der Waals surface area contributed by atoms with E-state index in [1.54, 1.807) is 36.5 Å². The molecule has 2 aromatic carbocycles. The van der Waals surface area contributed by atoms with Gasteiger partial charge in [0, 0.05) is 35.5 Å². The second-order valence-electron chi connectivity index (χ2n) is 6.57. The van der Waals surface area contributed by atoms with Gasteiger partial charge < -0.3 is 9.64 Å². The van der Waals surface area contributed by atoms with Crippen LogP contribution in [0.5, 0.6) is 0 Å². The highest BCUT2D eigenvalue weighted by Gasteiger charge is 2.24. The minimum absolute atomic E-state index is 0.176. The number of nitrogens with zero attached hydrogens (tertiary/aromatic N) is 3. The van der Waals surface area contributed by atoms with Gasteiger partial charge in [-0.1, -0.05) is 42.5 Å². The Morgan fingerprint density at radius 2 is 1.90 bits per heavy atom. The minimum atomic E-state index is -0.994. The van der Waals surface area contributed by atoms with Crippen LogP contribution in [-0.2, 0) is 14.3 Å². The van der Waals surface area contributed by atoms with Crippen molar-refractivity contribution in [3.63, 3.8) is 0 Å². The quantitative estimate of drug-likeness (QED) is 0.441. The van der Waals surface area contributed by atoms with Crippen LogP contribution in [-0.4, -0.2) is 29.5 Å². The summed E-state index contributed by atoms with van der Waals surface area (Å²) < 4.78 is 5.31. The van der Waals surface area contributed by atoms with E-state index in [9.17, 15) is 9.59 Å².